The van der Waals surface area contributed by atoms with Gasteiger partial charge < -0.3 is 9.47 Å². The molecule has 0 aromatic carbocycles. The van der Waals surface area contributed by atoms with Crippen molar-refractivity contribution in [2.45, 2.75) is 168 Å². The zero-order valence-electron chi connectivity index (χ0n) is 28.4. The molecule has 0 aliphatic heterocycles. The highest BCUT2D eigenvalue weighted by Crippen LogP contribution is 2.27. The maximum atomic E-state index is 11.9. The van der Waals surface area contributed by atoms with E-state index in [9.17, 15) is 9.59 Å². The van der Waals surface area contributed by atoms with Gasteiger partial charge in [-0.3, -0.25) is 9.59 Å². The van der Waals surface area contributed by atoms with E-state index in [-0.39, 0.29) is 11.9 Å². The monoisotopic (exact) mass is 640 g/mol. The Morgan fingerprint density at radius 1 is 0.558 bits per heavy atom. The summed E-state index contributed by atoms with van der Waals surface area (Å²) in [7, 11) is 3.88. The number of hydrogen-bond donors (Lipinski definition) is 0. The third-order valence-electron chi connectivity index (χ3n) is 7.87. The minimum Gasteiger partial charge on any atom is -0.461 e. The van der Waals surface area contributed by atoms with E-state index in [4.69, 9.17) is 9.47 Å². The first-order chi connectivity index (χ1) is 21.1. The van der Waals surface area contributed by atoms with Crippen molar-refractivity contribution in [3.05, 3.63) is 24.3 Å². The second-order valence-corrected chi connectivity index (χ2v) is 14.5. The molecule has 0 heterocycles. The van der Waals surface area contributed by atoms with Crippen molar-refractivity contribution in [3.63, 3.8) is 0 Å². The van der Waals surface area contributed by atoms with Crippen molar-refractivity contribution in [1.82, 2.24) is 0 Å². The Balaban J connectivity index is 3.71. The molecular weight excluding hydrogens is 573 g/mol. The quantitative estimate of drug-likeness (QED) is 0.0308. The SMILES string of the molecule is CCCCCC/C=C\COC(=O)CCCCCCCC(CCCCCCCC(=O)OC/C=C\CCCCCC)CSSC. The van der Waals surface area contributed by atoms with Gasteiger partial charge in [-0.1, -0.05) is 150 Å². The van der Waals surface area contributed by atoms with Crippen LogP contribution in [0.1, 0.15) is 168 Å². The molecular formula is C37H68O4S2. The Hall–Kier alpha value is -0.880. The molecule has 0 aromatic rings. The van der Waals surface area contributed by atoms with Gasteiger partial charge in [-0.15, -0.1) is 0 Å². The Morgan fingerprint density at radius 3 is 1.42 bits per heavy atom. The predicted molar refractivity (Wildman–Crippen MR) is 192 cm³/mol. The largest absolute Gasteiger partial charge is 0.461 e. The van der Waals surface area contributed by atoms with Crippen LogP contribution in [0.4, 0.5) is 0 Å². The van der Waals surface area contributed by atoms with Crippen LogP contribution >= 0.6 is 21.6 Å². The van der Waals surface area contributed by atoms with Crippen LogP contribution in [0.15, 0.2) is 24.3 Å². The van der Waals surface area contributed by atoms with Crippen LogP contribution in [0.5, 0.6) is 0 Å². The van der Waals surface area contributed by atoms with E-state index in [1.54, 1.807) is 0 Å². The fraction of sp³-hybridized carbons (Fsp3) is 0.838. The highest BCUT2D eigenvalue weighted by molar-refractivity contribution is 8.76. The molecule has 0 aliphatic carbocycles. The molecule has 0 saturated carbocycles. The highest BCUT2D eigenvalue weighted by atomic mass is 33.1. The van der Waals surface area contributed by atoms with E-state index in [2.05, 4.69) is 32.3 Å². The average molecular weight is 641 g/mol. The van der Waals surface area contributed by atoms with Gasteiger partial charge in [0.25, 0.3) is 0 Å². The van der Waals surface area contributed by atoms with Crippen LogP contribution < -0.4 is 0 Å². The van der Waals surface area contributed by atoms with Crippen LogP contribution in [0.3, 0.4) is 0 Å². The molecule has 0 saturated heterocycles. The van der Waals surface area contributed by atoms with E-state index >= 15 is 0 Å². The van der Waals surface area contributed by atoms with E-state index in [0.717, 1.165) is 44.4 Å². The van der Waals surface area contributed by atoms with Crippen LogP contribution in [-0.4, -0.2) is 37.2 Å². The van der Waals surface area contributed by atoms with Gasteiger partial charge in [-0.05, 0) is 63.5 Å². The summed E-state index contributed by atoms with van der Waals surface area (Å²) < 4.78 is 10.7. The maximum Gasteiger partial charge on any atom is 0.306 e. The molecule has 0 rings (SSSR count). The number of carbonyl (C=O) groups excluding carboxylic acids is 2. The third kappa shape index (κ3) is 33.8. The highest BCUT2D eigenvalue weighted by Gasteiger charge is 2.09. The topological polar surface area (TPSA) is 52.6 Å². The molecule has 0 atom stereocenters. The fourth-order valence-electron chi connectivity index (χ4n) is 5.12. The Labute approximate surface area is 275 Å². The lowest BCUT2D eigenvalue weighted by molar-refractivity contribution is -0.143. The van der Waals surface area contributed by atoms with E-state index in [0.29, 0.717) is 26.1 Å². The van der Waals surface area contributed by atoms with Crippen LogP contribution in [0.25, 0.3) is 0 Å². The minimum absolute atomic E-state index is 0.0547. The number of unbranched alkanes of at least 4 members (excludes halogenated alkanes) is 16. The Morgan fingerprint density at radius 2 is 0.977 bits per heavy atom. The lowest BCUT2D eigenvalue weighted by Crippen LogP contribution is -2.05. The zero-order chi connectivity index (χ0) is 31.5. The normalized spacial score (nSPS) is 11.7. The molecule has 0 aromatic heterocycles. The van der Waals surface area contributed by atoms with E-state index in [1.165, 1.54) is 108 Å². The molecule has 252 valence electrons. The molecule has 0 spiro atoms. The lowest BCUT2D eigenvalue weighted by atomic mass is 9.95. The van der Waals surface area contributed by atoms with Gasteiger partial charge in [-0.2, -0.15) is 0 Å². The fourth-order valence-corrected chi connectivity index (χ4v) is 6.76. The van der Waals surface area contributed by atoms with Crippen molar-refractivity contribution in [1.29, 1.82) is 0 Å². The Kier molecular flexibility index (Phi) is 34.9. The number of esters is 2. The first-order valence-electron chi connectivity index (χ1n) is 17.9. The summed E-state index contributed by atoms with van der Waals surface area (Å²) in [6.07, 6.45) is 38.2. The van der Waals surface area contributed by atoms with Crippen molar-refractivity contribution in [2.24, 2.45) is 5.92 Å². The summed E-state index contributed by atoms with van der Waals surface area (Å²) in [5.41, 5.74) is 0. The van der Waals surface area contributed by atoms with Crippen molar-refractivity contribution in [3.8, 4) is 0 Å². The average Bonchev–Trinajstić information content (AvgIpc) is 3.01. The van der Waals surface area contributed by atoms with Gasteiger partial charge in [0, 0.05) is 18.6 Å². The molecule has 6 heteroatoms. The van der Waals surface area contributed by atoms with Gasteiger partial charge in [0.1, 0.15) is 13.2 Å². The number of rotatable bonds is 33. The molecule has 0 radical (unpaired) electrons. The van der Waals surface area contributed by atoms with Crippen LogP contribution in [-0.2, 0) is 19.1 Å². The van der Waals surface area contributed by atoms with Crippen molar-refractivity contribution >= 4 is 33.5 Å². The Bertz CT molecular complexity index is 613. The summed E-state index contributed by atoms with van der Waals surface area (Å²) in [5, 5.41) is 0. The van der Waals surface area contributed by atoms with Crippen LogP contribution in [0.2, 0.25) is 0 Å². The summed E-state index contributed by atoms with van der Waals surface area (Å²) >= 11 is 0. The summed E-state index contributed by atoms with van der Waals surface area (Å²) in [5.74, 6) is 1.95. The first kappa shape index (κ1) is 42.1. The summed E-state index contributed by atoms with van der Waals surface area (Å²) in [4.78, 5) is 23.8. The van der Waals surface area contributed by atoms with Crippen molar-refractivity contribution in [2.75, 3.05) is 25.2 Å². The van der Waals surface area contributed by atoms with E-state index in [1.807, 2.05) is 33.7 Å². The number of carbonyl (C=O) groups is 2. The molecule has 0 bridgehead atoms. The van der Waals surface area contributed by atoms with Gasteiger partial charge in [0.2, 0.25) is 0 Å². The molecule has 43 heavy (non-hydrogen) atoms. The van der Waals surface area contributed by atoms with E-state index < -0.39 is 0 Å². The molecule has 4 nitrogen and oxygen atoms in total. The van der Waals surface area contributed by atoms with Gasteiger partial charge >= 0.3 is 11.9 Å². The van der Waals surface area contributed by atoms with Gasteiger partial charge in [0.15, 0.2) is 0 Å². The summed E-state index contributed by atoms with van der Waals surface area (Å²) in [6.45, 7) is 5.30. The molecule has 0 aliphatic rings. The van der Waals surface area contributed by atoms with Gasteiger partial charge in [-0.25, -0.2) is 0 Å². The second kappa shape index (κ2) is 35.6. The van der Waals surface area contributed by atoms with Crippen molar-refractivity contribution < 1.29 is 19.1 Å². The number of hydrogen-bond acceptors (Lipinski definition) is 6. The smallest absolute Gasteiger partial charge is 0.306 e. The number of ether oxygens (including phenoxy) is 2. The molecule has 0 amide bonds. The van der Waals surface area contributed by atoms with Gasteiger partial charge in [0.05, 0.1) is 0 Å². The molecule has 0 fully saturated rings. The number of allylic oxidation sites excluding steroid dienone is 2. The molecule has 0 N–H and O–H groups in total. The second-order valence-electron chi connectivity index (χ2n) is 11.9. The predicted octanol–water partition coefficient (Wildman–Crippen LogP) is 12.2. The third-order valence-corrected chi connectivity index (χ3v) is 9.83. The van der Waals surface area contributed by atoms with Crippen LogP contribution in [0, 0.1) is 5.92 Å². The lowest BCUT2D eigenvalue weighted by Gasteiger charge is -2.16. The zero-order valence-corrected chi connectivity index (χ0v) is 30.1. The summed E-state index contributed by atoms with van der Waals surface area (Å²) in [6, 6.07) is 0. The first-order valence-corrected chi connectivity index (χ1v) is 20.6. The molecule has 0 unspecified atom stereocenters. The maximum absolute atomic E-state index is 11.9. The minimum atomic E-state index is -0.0547. The standard InChI is InChI=1S/C37H68O4S2/c1-4-6-8-10-12-20-26-32-40-36(38)30-24-18-14-16-22-28-35(34-43-42-3)29-23-17-15-19-25-31-37(39)41-33-27-21-13-11-9-7-5-2/h20-21,26-27,35H,4-19,22-25,28-34H2,1-3H3/b26-20-,27-21-.